The molecule has 0 aliphatic rings. The van der Waals surface area contributed by atoms with Gasteiger partial charge in [0, 0.05) is 29.4 Å². The third-order valence-corrected chi connectivity index (χ3v) is 3.96. The molecule has 0 aliphatic carbocycles. The van der Waals surface area contributed by atoms with Crippen LogP contribution in [0.3, 0.4) is 0 Å². The third-order valence-electron chi connectivity index (χ3n) is 3.00. The molecule has 1 unspecified atom stereocenters. The van der Waals surface area contributed by atoms with Gasteiger partial charge in [0.15, 0.2) is 5.82 Å². The Hall–Kier alpha value is -2.28. The summed E-state index contributed by atoms with van der Waals surface area (Å²) < 4.78 is 1.66. The number of anilines is 1. The predicted molar refractivity (Wildman–Crippen MR) is 78.4 cm³/mol. The van der Waals surface area contributed by atoms with E-state index in [2.05, 4.69) is 32.7 Å². The van der Waals surface area contributed by atoms with Crippen LogP contribution in [0.4, 0.5) is 5.69 Å². The molecule has 0 radical (unpaired) electrons. The Kier molecular flexibility index (Phi) is 3.42. The number of hydrogen-bond acceptors (Lipinski definition) is 6. The molecule has 6 nitrogen and oxygen atoms in total. The number of nitrogens with one attached hydrogen (secondary N) is 1. The largest absolute Gasteiger partial charge is 0.378 e. The van der Waals surface area contributed by atoms with Crippen LogP contribution < -0.4 is 5.32 Å². The van der Waals surface area contributed by atoms with E-state index in [0.29, 0.717) is 0 Å². The van der Waals surface area contributed by atoms with E-state index >= 15 is 0 Å². The maximum absolute atomic E-state index is 4.10. The van der Waals surface area contributed by atoms with Crippen molar-refractivity contribution < 1.29 is 0 Å². The van der Waals surface area contributed by atoms with Gasteiger partial charge in [-0.15, -0.1) is 16.4 Å². The molecule has 102 valence electrons. The second-order valence-corrected chi connectivity index (χ2v) is 5.39. The zero-order valence-electron chi connectivity index (χ0n) is 11.2. The lowest BCUT2D eigenvalue weighted by molar-refractivity contribution is 0.714. The highest BCUT2D eigenvalue weighted by Crippen LogP contribution is 2.25. The van der Waals surface area contributed by atoms with Gasteiger partial charge in [-0.3, -0.25) is 4.98 Å². The molecule has 20 heavy (non-hydrogen) atoms. The molecule has 0 saturated heterocycles. The standard InChI is InChI=1S/C13H14N6S/c1-9(12-7-14-8-20-12)15-11-5-3-4-10(6-11)13-16-17-18-19(13)2/h3-9,15H,1-2H3. The Morgan fingerprint density at radius 3 is 2.95 bits per heavy atom. The smallest absolute Gasteiger partial charge is 0.181 e. The van der Waals surface area contributed by atoms with Crippen LogP contribution in [-0.4, -0.2) is 25.2 Å². The van der Waals surface area contributed by atoms with Gasteiger partial charge in [0.2, 0.25) is 0 Å². The summed E-state index contributed by atoms with van der Waals surface area (Å²) >= 11 is 1.64. The van der Waals surface area contributed by atoms with Crippen LogP contribution in [0, 0.1) is 0 Å². The lowest BCUT2D eigenvalue weighted by Gasteiger charge is -2.13. The lowest BCUT2D eigenvalue weighted by Crippen LogP contribution is -2.05. The average molecular weight is 286 g/mol. The molecule has 7 heteroatoms. The Morgan fingerprint density at radius 1 is 1.35 bits per heavy atom. The molecule has 1 N–H and O–H groups in total. The first-order valence-electron chi connectivity index (χ1n) is 6.22. The van der Waals surface area contributed by atoms with Crippen molar-refractivity contribution >= 4 is 17.0 Å². The minimum atomic E-state index is 0.218. The fourth-order valence-corrected chi connectivity index (χ4v) is 2.61. The van der Waals surface area contributed by atoms with Gasteiger partial charge in [-0.05, 0) is 29.5 Å². The summed E-state index contributed by atoms with van der Waals surface area (Å²) in [6.45, 7) is 2.12. The van der Waals surface area contributed by atoms with Crippen molar-refractivity contribution in [3.8, 4) is 11.4 Å². The van der Waals surface area contributed by atoms with Gasteiger partial charge in [0.25, 0.3) is 0 Å². The fraction of sp³-hybridized carbons (Fsp3) is 0.231. The highest BCUT2D eigenvalue weighted by atomic mass is 32.1. The van der Waals surface area contributed by atoms with Crippen molar-refractivity contribution in [2.24, 2.45) is 7.05 Å². The number of benzene rings is 1. The number of nitrogens with zero attached hydrogens (tertiary/aromatic N) is 5. The highest BCUT2D eigenvalue weighted by molar-refractivity contribution is 7.09. The van der Waals surface area contributed by atoms with Crippen molar-refractivity contribution in [2.45, 2.75) is 13.0 Å². The molecule has 3 rings (SSSR count). The normalized spacial score (nSPS) is 12.3. The van der Waals surface area contributed by atoms with Crippen LogP contribution in [-0.2, 0) is 7.05 Å². The van der Waals surface area contributed by atoms with E-state index in [-0.39, 0.29) is 6.04 Å². The number of hydrogen-bond donors (Lipinski definition) is 1. The van der Waals surface area contributed by atoms with Crippen molar-refractivity contribution in [2.75, 3.05) is 5.32 Å². The van der Waals surface area contributed by atoms with Gasteiger partial charge in [-0.2, -0.15) is 0 Å². The van der Waals surface area contributed by atoms with Gasteiger partial charge >= 0.3 is 0 Å². The maximum atomic E-state index is 4.10. The summed E-state index contributed by atoms with van der Waals surface area (Å²) in [5.41, 5.74) is 3.86. The predicted octanol–water partition coefficient (Wildman–Crippen LogP) is 2.51. The number of thiazole rings is 1. The summed E-state index contributed by atoms with van der Waals surface area (Å²) in [6, 6.07) is 8.28. The van der Waals surface area contributed by atoms with Crippen molar-refractivity contribution in [1.82, 2.24) is 25.2 Å². The minimum absolute atomic E-state index is 0.218. The lowest BCUT2D eigenvalue weighted by atomic mass is 10.1. The molecular weight excluding hydrogens is 272 g/mol. The van der Waals surface area contributed by atoms with Crippen molar-refractivity contribution in [1.29, 1.82) is 0 Å². The fourth-order valence-electron chi connectivity index (χ4n) is 1.98. The molecule has 0 amide bonds. The van der Waals surface area contributed by atoms with E-state index in [1.165, 1.54) is 4.88 Å². The molecule has 2 heterocycles. The first-order valence-corrected chi connectivity index (χ1v) is 7.10. The third kappa shape index (κ3) is 2.53. The molecule has 0 saturated carbocycles. The summed E-state index contributed by atoms with van der Waals surface area (Å²) in [5.74, 6) is 0.749. The Balaban J connectivity index is 1.83. The van der Waals surface area contributed by atoms with E-state index in [1.54, 1.807) is 16.0 Å². The number of rotatable bonds is 4. The zero-order valence-corrected chi connectivity index (χ0v) is 12.0. The molecule has 1 aromatic carbocycles. The minimum Gasteiger partial charge on any atom is -0.378 e. The monoisotopic (exact) mass is 286 g/mol. The van der Waals surface area contributed by atoms with Crippen LogP contribution in [0.25, 0.3) is 11.4 Å². The topological polar surface area (TPSA) is 68.5 Å². The van der Waals surface area contributed by atoms with Crippen molar-refractivity contribution in [3.63, 3.8) is 0 Å². The second-order valence-electron chi connectivity index (χ2n) is 4.48. The molecule has 0 fully saturated rings. The van der Waals surface area contributed by atoms with Crippen LogP contribution in [0.1, 0.15) is 17.8 Å². The van der Waals surface area contributed by atoms with Gasteiger partial charge in [0.05, 0.1) is 11.6 Å². The Labute approximate surface area is 120 Å². The van der Waals surface area contributed by atoms with Gasteiger partial charge < -0.3 is 5.32 Å². The highest BCUT2D eigenvalue weighted by Gasteiger charge is 2.09. The number of aromatic nitrogens is 5. The summed E-state index contributed by atoms with van der Waals surface area (Å²) in [7, 11) is 1.83. The van der Waals surface area contributed by atoms with Gasteiger partial charge in [0.1, 0.15) is 0 Å². The van der Waals surface area contributed by atoms with Gasteiger partial charge in [-0.1, -0.05) is 12.1 Å². The summed E-state index contributed by atoms with van der Waals surface area (Å²) in [4.78, 5) is 5.31. The average Bonchev–Trinajstić information content (AvgIpc) is 3.10. The molecule has 1 atom stereocenters. The molecule has 3 aromatic rings. The molecule has 0 aliphatic heterocycles. The Morgan fingerprint density at radius 2 is 2.25 bits per heavy atom. The van der Waals surface area contributed by atoms with E-state index in [1.807, 2.05) is 43.0 Å². The first kappa shape index (κ1) is 12.7. The quantitative estimate of drug-likeness (QED) is 0.798. The molecule has 0 bridgehead atoms. The zero-order chi connectivity index (χ0) is 13.9. The number of aryl methyl sites for hydroxylation is 1. The van der Waals surface area contributed by atoms with Crippen molar-refractivity contribution in [3.05, 3.63) is 40.8 Å². The van der Waals surface area contributed by atoms with E-state index in [9.17, 15) is 0 Å². The second kappa shape index (κ2) is 5.38. The number of tetrazole rings is 1. The maximum Gasteiger partial charge on any atom is 0.181 e. The van der Waals surface area contributed by atoms with E-state index in [4.69, 9.17) is 0 Å². The summed E-state index contributed by atoms with van der Waals surface area (Å²) in [6.07, 6.45) is 1.89. The molecular formula is C13H14N6S. The first-order chi connectivity index (χ1) is 9.74. The van der Waals surface area contributed by atoms with Crippen LogP contribution in [0.5, 0.6) is 0 Å². The van der Waals surface area contributed by atoms with E-state index < -0.39 is 0 Å². The van der Waals surface area contributed by atoms with Crippen LogP contribution in [0.15, 0.2) is 36.0 Å². The SMILES string of the molecule is CC(Nc1cccc(-c2nnnn2C)c1)c1cncs1. The molecule has 0 spiro atoms. The van der Waals surface area contributed by atoms with Crippen LogP contribution in [0.2, 0.25) is 0 Å². The summed E-state index contributed by atoms with van der Waals surface area (Å²) in [5, 5.41) is 15.0. The Bertz CT molecular complexity index is 690. The van der Waals surface area contributed by atoms with E-state index in [0.717, 1.165) is 17.1 Å². The van der Waals surface area contributed by atoms with Crippen LogP contribution >= 0.6 is 11.3 Å². The van der Waals surface area contributed by atoms with Gasteiger partial charge in [-0.25, -0.2) is 4.68 Å². The molecule has 2 aromatic heterocycles.